The van der Waals surface area contributed by atoms with E-state index in [4.69, 9.17) is 5.84 Å². The van der Waals surface area contributed by atoms with Crippen molar-refractivity contribution in [3.8, 4) is 0 Å². The molecule has 72 valence electrons. The summed E-state index contributed by atoms with van der Waals surface area (Å²) >= 11 is 1.45. The molecule has 2 heterocycles. The number of aromatic nitrogens is 1. The van der Waals surface area contributed by atoms with E-state index in [0.717, 1.165) is 10.4 Å². The Morgan fingerprint density at radius 3 is 2.79 bits per heavy atom. The van der Waals surface area contributed by atoms with Crippen LogP contribution in [0, 0.1) is 6.92 Å². The van der Waals surface area contributed by atoms with Crippen molar-refractivity contribution in [3.63, 3.8) is 0 Å². The molecule has 14 heavy (non-hydrogen) atoms. The zero-order valence-corrected chi connectivity index (χ0v) is 8.54. The first-order valence-electron chi connectivity index (χ1n) is 4.21. The molecule has 0 saturated carbocycles. The molecule has 2 aromatic heterocycles. The third-order valence-corrected chi connectivity index (χ3v) is 3.10. The summed E-state index contributed by atoms with van der Waals surface area (Å²) in [6, 6.07) is 5.42. The number of nitrogen functional groups attached to an aromatic ring is 1. The van der Waals surface area contributed by atoms with Crippen molar-refractivity contribution in [2.24, 2.45) is 0 Å². The maximum Gasteiger partial charge on any atom is 0.221 e. The Labute approximate surface area is 85.7 Å². The van der Waals surface area contributed by atoms with E-state index < -0.39 is 0 Å². The molecule has 0 aliphatic carbocycles. The minimum absolute atomic E-state index is 0.00926. The molecule has 2 aromatic rings. The van der Waals surface area contributed by atoms with Gasteiger partial charge in [0, 0.05) is 6.20 Å². The van der Waals surface area contributed by atoms with Crippen LogP contribution in [-0.2, 0) is 0 Å². The number of hydrogen-bond donors (Lipinski definition) is 1. The summed E-state index contributed by atoms with van der Waals surface area (Å²) in [5.41, 5.74) is 1.52. The molecule has 2 N–H and O–H groups in total. The third-order valence-electron chi connectivity index (χ3n) is 2.08. The van der Waals surface area contributed by atoms with Gasteiger partial charge in [0.1, 0.15) is 5.69 Å². The van der Waals surface area contributed by atoms with Crippen LogP contribution in [0.25, 0.3) is 0 Å². The van der Waals surface area contributed by atoms with Crippen molar-refractivity contribution in [1.82, 2.24) is 4.68 Å². The number of nitrogens with zero attached hydrogens (tertiary/aromatic N) is 1. The lowest BCUT2D eigenvalue weighted by Gasteiger charge is -2.00. The standard InChI is InChI=1S/C10H10N2OS/c1-7-4-6-14-10(7)9(13)8-3-2-5-12(8)11/h2-6H,11H2,1H3. The van der Waals surface area contributed by atoms with Crippen LogP contribution in [0.1, 0.15) is 20.9 Å². The van der Waals surface area contributed by atoms with Crippen LogP contribution in [-0.4, -0.2) is 10.5 Å². The second-order valence-corrected chi connectivity index (χ2v) is 3.98. The average Bonchev–Trinajstić information content (AvgIpc) is 2.73. The molecule has 4 heteroatoms. The van der Waals surface area contributed by atoms with Crippen LogP contribution in [0.5, 0.6) is 0 Å². The normalized spacial score (nSPS) is 10.4. The summed E-state index contributed by atoms with van der Waals surface area (Å²) in [5.74, 6) is 5.59. The zero-order valence-electron chi connectivity index (χ0n) is 7.73. The lowest BCUT2D eigenvalue weighted by atomic mass is 10.2. The Morgan fingerprint density at radius 2 is 2.29 bits per heavy atom. The zero-order chi connectivity index (χ0) is 10.1. The van der Waals surface area contributed by atoms with Gasteiger partial charge in [-0.2, -0.15) is 0 Å². The van der Waals surface area contributed by atoms with E-state index in [1.165, 1.54) is 16.0 Å². The van der Waals surface area contributed by atoms with Crippen LogP contribution in [0.2, 0.25) is 0 Å². The van der Waals surface area contributed by atoms with Gasteiger partial charge in [0.2, 0.25) is 5.78 Å². The van der Waals surface area contributed by atoms with Gasteiger partial charge in [-0.3, -0.25) is 9.47 Å². The van der Waals surface area contributed by atoms with Gasteiger partial charge in [0.15, 0.2) is 0 Å². The molecule has 0 aliphatic rings. The van der Waals surface area contributed by atoms with Crippen molar-refractivity contribution in [2.45, 2.75) is 6.92 Å². The lowest BCUT2D eigenvalue weighted by molar-refractivity contribution is 0.103. The first-order chi connectivity index (χ1) is 6.70. The van der Waals surface area contributed by atoms with Gasteiger partial charge in [-0.25, -0.2) is 0 Å². The smallest absolute Gasteiger partial charge is 0.221 e. The van der Waals surface area contributed by atoms with E-state index in [2.05, 4.69) is 0 Å². The van der Waals surface area contributed by atoms with Gasteiger partial charge in [-0.15, -0.1) is 11.3 Å². The fourth-order valence-electron chi connectivity index (χ4n) is 1.31. The first kappa shape index (κ1) is 9.02. The summed E-state index contributed by atoms with van der Waals surface area (Å²) in [6.07, 6.45) is 1.66. The highest BCUT2D eigenvalue weighted by Gasteiger charge is 2.15. The van der Waals surface area contributed by atoms with Crippen molar-refractivity contribution in [1.29, 1.82) is 0 Å². The van der Waals surface area contributed by atoms with Gasteiger partial charge in [0.25, 0.3) is 0 Å². The molecule has 0 aromatic carbocycles. The fourth-order valence-corrected chi connectivity index (χ4v) is 2.18. The molecule has 0 saturated heterocycles. The number of nitrogens with two attached hydrogens (primary N) is 1. The summed E-state index contributed by atoms with van der Waals surface area (Å²) in [4.78, 5) is 12.7. The predicted molar refractivity (Wildman–Crippen MR) is 57.1 cm³/mol. The van der Waals surface area contributed by atoms with Gasteiger partial charge in [0.05, 0.1) is 4.88 Å². The van der Waals surface area contributed by atoms with Crippen molar-refractivity contribution in [2.75, 3.05) is 5.84 Å². The molecule has 0 amide bonds. The van der Waals surface area contributed by atoms with Crippen LogP contribution in [0.15, 0.2) is 29.8 Å². The van der Waals surface area contributed by atoms with Crippen LogP contribution < -0.4 is 5.84 Å². The van der Waals surface area contributed by atoms with E-state index >= 15 is 0 Å². The Bertz CT molecular complexity index is 428. The molecule has 0 unspecified atom stereocenters. The van der Waals surface area contributed by atoms with Gasteiger partial charge < -0.3 is 5.84 Å². The average molecular weight is 206 g/mol. The Balaban J connectivity index is 2.44. The largest absolute Gasteiger partial charge is 0.339 e. The number of thiophene rings is 1. The summed E-state index contributed by atoms with van der Waals surface area (Å²) < 4.78 is 1.35. The SMILES string of the molecule is Cc1ccsc1C(=O)c1cccn1N. The molecule has 0 atom stereocenters. The summed E-state index contributed by atoms with van der Waals surface area (Å²) in [6.45, 7) is 1.92. The summed E-state index contributed by atoms with van der Waals surface area (Å²) in [7, 11) is 0. The quantitative estimate of drug-likeness (QED) is 0.601. The highest BCUT2D eigenvalue weighted by molar-refractivity contribution is 7.12. The fraction of sp³-hybridized carbons (Fsp3) is 0.100. The van der Waals surface area contributed by atoms with Crippen LogP contribution in [0.3, 0.4) is 0 Å². The van der Waals surface area contributed by atoms with E-state index in [-0.39, 0.29) is 5.78 Å². The van der Waals surface area contributed by atoms with Crippen molar-refractivity contribution in [3.05, 3.63) is 45.9 Å². The van der Waals surface area contributed by atoms with Crippen LogP contribution in [0.4, 0.5) is 0 Å². The number of hydrogen-bond acceptors (Lipinski definition) is 3. The van der Waals surface area contributed by atoms with E-state index in [1.54, 1.807) is 18.3 Å². The molecular formula is C10H10N2OS. The maximum atomic E-state index is 11.9. The van der Waals surface area contributed by atoms with Gasteiger partial charge in [-0.1, -0.05) is 0 Å². The lowest BCUT2D eigenvalue weighted by Crippen LogP contribution is -2.15. The van der Waals surface area contributed by atoms with E-state index in [9.17, 15) is 4.79 Å². The summed E-state index contributed by atoms with van der Waals surface area (Å²) in [5, 5.41) is 1.91. The first-order valence-corrected chi connectivity index (χ1v) is 5.09. The second kappa shape index (κ2) is 3.31. The molecule has 2 rings (SSSR count). The molecular weight excluding hydrogens is 196 g/mol. The van der Waals surface area contributed by atoms with E-state index in [1.807, 2.05) is 18.4 Å². The molecule has 0 radical (unpaired) electrons. The highest BCUT2D eigenvalue weighted by atomic mass is 32.1. The van der Waals surface area contributed by atoms with E-state index in [0.29, 0.717) is 5.69 Å². The molecule has 0 bridgehead atoms. The second-order valence-electron chi connectivity index (χ2n) is 3.06. The van der Waals surface area contributed by atoms with Crippen LogP contribution >= 0.6 is 11.3 Å². The Morgan fingerprint density at radius 1 is 1.50 bits per heavy atom. The number of ketones is 1. The minimum atomic E-state index is -0.00926. The molecule has 0 aliphatic heterocycles. The number of carbonyl (C=O) groups is 1. The molecule has 0 fully saturated rings. The monoisotopic (exact) mass is 206 g/mol. The van der Waals surface area contributed by atoms with Crippen molar-refractivity contribution >= 4 is 17.1 Å². The van der Waals surface area contributed by atoms with Crippen molar-refractivity contribution < 1.29 is 4.79 Å². The maximum absolute atomic E-state index is 11.9. The molecule has 3 nitrogen and oxygen atoms in total. The van der Waals surface area contributed by atoms with Gasteiger partial charge >= 0.3 is 0 Å². The number of carbonyl (C=O) groups excluding carboxylic acids is 1. The Kier molecular flexibility index (Phi) is 2.13. The number of rotatable bonds is 2. The van der Waals surface area contributed by atoms with Gasteiger partial charge in [-0.05, 0) is 36.1 Å². The Hall–Kier alpha value is -1.55. The topological polar surface area (TPSA) is 48.0 Å². The highest BCUT2D eigenvalue weighted by Crippen LogP contribution is 2.19. The molecule has 0 spiro atoms. The minimum Gasteiger partial charge on any atom is -0.339 e. The predicted octanol–water partition coefficient (Wildman–Crippen LogP) is 1.80. The third kappa shape index (κ3) is 1.33. The number of aryl methyl sites for hydroxylation is 1.